The van der Waals surface area contributed by atoms with Gasteiger partial charge in [0.05, 0.1) is 6.54 Å². The number of hydrogen-bond donors (Lipinski definition) is 1. The van der Waals surface area contributed by atoms with Crippen LogP contribution in [0.3, 0.4) is 0 Å². The molecule has 2 fully saturated rings. The number of piperidine rings is 1. The zero-order valence-electron chi connectivity index (χ0n) is 13.6. The van der Waals surface area contributed by atoms with E-state index in [1.54, 1.807) is 0 Å². The van der Waals surface area contributed by atoms with Gasteiger partial charge in [0.1, 0.15) is 11.3 Å². The molecule has 0 bridgehead atoms. The minimum absolute atomic E-state index is 0.335. The molecule has 4 nitrogen and oxygen atoms in total. The Morgan fingerprint density at radius 2 is 2.13 bits per heavy atom. The van der Waals surface area contributed by atoms with E-state index in [1.165, 1.54) is 0 Å². The van der Waals surface area contributed by atoms with Gasteiger partial charge in [0, 0.05) is 30.4 Å². The SMILES string of the molecule is CC1CN(C(=O)C2CC2)CCC1NCc1cc2ccccc2o1. The topological polar surface area (TPSA) is 45.5 Å². The first-order valence-corrected chi connectivity index (χ1v) is 8.70. The first-order chi connectivity index (χ1) is 11.2. The van der Waals surface area contributed by atoms with E-state index in [2.05, 4.69) is 29.3 Å². The van der Waals surface area contributed by atoms with E-state index >= 15 is 0 Å². The van der Waals surface area contributed by atoms with Crippen molar-refractivity contribution in [2.45, 2.75) is 38.8 Å². The van der Waals surface area contributed by atoms with Gasteiger partial charge < -0.3 is 14.6 Å². The summed E-state index contributed by atoms with van der Waals surface area (Å²) in [6.07, 6.45) is 3.22. The molecule has 2 aliphatic rings. The zero-order chi connectivity index (χ0) is 15.8. The van der Waals surface area contributed by atoms with Crippen molar-refractivity contribution in [1.29, 1.82) is 0 Å². The molecule has 2 atom stereocenters. The fourth-order valence-corrected chi connectivity index (χ4v) is 3.59. The quantitative estimate of drug-likeness (QED) is 0.943. The van der Waals surface area contributed by atoms with Gasteiger partial charge >= 0.3 is 0 Å². The molecule has 4 heteroatoms. The predicted octanol–water partition coefficient (Wildman–Crippen LogP) is 3.17. The molecule has 1 aromatic heterocycles. The molecule has 0 spiro atoms. The average molecular weight is 312 g/mol. The molecular weight excluding hydrogens is 288 g/mol. The van der Waals surface area contributed by atoms with Gasteiger partial charge in [-0.15, -0.1) is 0 Å². The van der Waals surface area contributed by atoms with Gasteiger partial charge in [-0.25, -0.2) is 0 Å². The van der Waals surface area contributed by atoms with Gasteiger partial charge in [-0.3, -0.25) is 4.79 Å². The van der Waals surface area contributed by atoms with Crippen molar-refractivity contribution >= 4 is 16.9 Å². The maximum Gasteiger partial charge on any atom is 0.225 e. The number of likely N-dealkylation sites (tertiary alicyclic amines) is 1. The molecule has 23 heavy (non-hydrogen) atoms. The lowest BCUT2D eigenvalue weighted by Crippen LogP contribution is -2.50. The van der Waals surface area contributed by atoms with Crippen molar-refractivity contribution in [1.82, 2.24) is 10.2 Å². The summed E-state index contributed by atoms with van der Waals surface area (Å²) in [4.78, 5) is 14.3. The van der Waals surface area contributed by atoms with Crippen molar-refractivity contribution in [2.24, 2.45) is 11.8 Å². The normalized spacial score (nSPS) is 25.0. The molecule has 0 radical (unpaired) electrons. The van der Waals surface area contributed by atoms with E-state index < -0.39 is 0 Å². The highest BCUT2D eigenvalue weighted by atomic mass is 16.3. The maximum atomic E-state index is 12.2. The molecule has 1 saturated heterocycles. The number of carbonyl (C=O) groups excluding carboxylic acids is 1. The van der Waals surface area contributed by atoms with Gasteiger partial charge in [0.2, 0.25) is 5.91 Å². The number of furan rings is 1. The van der Waals surface area contributed by atoms with Crippen molar-refractivity contribution in [3.05, 3.63) is 36.1 Å². The van der Waals surface area contributed by atoms with Crippen LogP contribution in [0.1, 0.15) is 31.9 Å². The van der Waals surface area contributed by atoms with Gasteiger partial charge in [0.15, 0.2) is 0 Å². The molecule has 2 aromatic rings. The van der Waals surface area contributed by atoms with Crippen LogP contribution < -0.4 is 5.32 Å². The molecule has 1 saturated carbocycles. The van der Waals surface area contributed by atoms with Crippen LogP contribution in [0.25, 0.3) is 11.0 Å². The van der Waals surface area contributed by atoms with Crippen molar-refractivity contribution in [3.8, 4) is 0 Å². The van der Waals surface area contributed by atoms with Crippen LogP contribution in [0.15, 0.2) is 34.7 Å². The summed E-state index contributed by atoms with van der Waals surface area (Å²) in [6, 6.07) is 10.7. The number of amides is 1. The number of rotatable bonds is 4. The van der Waals surface area contributed by atoms with Crippen LogP contribution in [0.4, 0.5) is 0 Å². The smallest absolute Gasteiger partial charge is 0.225 e. The molecule has 1 amide bonds. The minimum atomic E-state index is 0.335. The van der Waals surface area contributed by atoms with E-state index in [0.29, 0.717) is 23.8 Å². The Morgan fingerprint density at radius 1 is 1.30 bits per heavy atom. The largest absolute Gasteiger partial charge is 0.460 e. The third-order valence-corrected chi connectivity index (χ3v) is 5.16. The fraction of sp³-hybridized carbons (Fsp3) is 0.526. The van der Waals surface area contributed by atoms with Gasteiger partial charge in [0.25, 0.3) is 0 Å². The van der Waals surface area contributed by atoms with E-state index in [1.807, 2.05) is 18.2 Å². The Labute approximate surface area is 136 Å². The molecule has 1 aliphatic heterocycles. The first-order valence-electron chi connectivity index (χ1n) is 8.70. The second-order valence-electron chi connectivity index (χ2n) is 7.06. The van der Waals surface area contributed by atoms with Gasteiger partial charge in [-0.1, -0.05) is 25.1 Å². The predicted molar refractivity (Wildman–Crippen MR) is 89.9 cm³/mol. The van der Waals surface area contributed by atoms with Crippen molar-refractivity contribution < 1.29 is 9.21 Å². The molecular formula is C19H24N2O2. The minimum Gasteiger partial charge on any atom is -0.460 e. The van der Waals surface area contributed by atoms with Crippen LogP contribution in [-0.4, -0.2) is 29.9 Å². The highest BCUT2D eigenvalue weighted by Crippen LogP contribution is 2.32. The lowest BCUT2D eigenvalue weighted by Gasteiger charge is -2.37. The van der Waals surface area contributed by atoms with Gasteiger partial charge in [-0.2, -0.15) is 0 Å². The second kappa shape index (κ2) is 6.00. The fourth-order valence-electron chi connectivity index (χ4n) is 3.59. The van der Waals surface area contributed by atoms with Crippen molar-refractivity contribution in [3.63, 3.8) is 0 Å². The number of benzene rings is 1. The number of para-hydroxylation sites is 1. The summed E-state index contributed by atoms with van der Waals surface area (Å²) in [5.41, 5.74) is 0.946. The Morgan fingerprint density at radius 3 is 2.87 bits per heavy atom. The number of nitrogens with zero attached hydrogens (tertiary/aromatic N) is 1. The van der Waals surface area contributed by atoms with Crippen molar-refractivity contribution in [2.75, 3.05) is 13.1 Å². The van der Waals surface area contributed by atoms with Crippen LogP contribution in [0, 0.1) is 11.8 Å². The Bertz CT molecular complexity index is 671. The molecule has 2 heterocycles. The zero-order valence-corrected chi connectivity index (χ0v) is 13.6. The van der Waals surface area contributed by atoms with E-state index in [9.17, 15) is 4.79 Å². The second-order valence-corrected chi connectivity index (χ2v) is 7.06. The summed E-state index contributed by atoms with van der Waals surface area (Å²) in [7, 11) is 0. The number of nitrogens with one attached hydrogen (secondary N) is 1. The van der Waals surface area contributed by atoms with E-state index in [4.69, 9.17) is 4.42 Å². The highest BCUT2D eigenvalue weighted by Gasteiger charge is 2.36. The van der Waals surface area contributed by atoms with Crippen LogP contribution in [0.5, 0.6) is 0 Å². The first kappa shape index (κ1) is 14.8. The third kappa shape index (κ3) is 3.13. The van der Waals surface area contributed by atoms with Gasteiger partial charge in [-0.05, 0) is 37.3 Å². The molecule has 1 N–H and O–H groups in total. The monoisotopic (exact) mass is 312 g/mol. The average Bonchev–Trinajstić information content (AvgIpc) is 3.32. The number of carbonyl (C=O) groups is 1. The molecule has 1 aromatic carbocycles. The van der Waals surface area contributed by atoms with Crippen LogP contribution in [-0.2, 0) is 11.3 Å². The lowest BCUT2D eigenvalue weighted by molar-refractivity contribution is -0.134. The Kier molecular flexibility index (Phi) is 3.85. The molecule has 1 aliphatic carbocycles. The maximum absolute atomic E-state index is 12.2. The Balaban J connectivity index is 1.33. The highest BCUT2D eigenvalue weighted by molar-refractivity contribution is 5.81. The number of fused-ring (bicyclic) bond motifs is 1. The number of hydrogen-bond acceptors (Lipinski definition) is 3. The van der Waals surface area contributed by atoms with E-state index in [0.717, 1.165) is 55.6 Å². The lowest BCUT2D eigenvalue weighted by atomic mass is 9.93. The van der Waals surface area contributed by atoms with Crippen LogP contribution in [0.2, 0.25) is 0 Å². The van der Waals surface area contributed by atoms with Crippen LogP contribution >= 0.6 is 0 Å². The molecule has 122 valence electrons. The van der Waals surface area contributed by atoms with E-state index in [-0.39, 0.29) is 0 Å². The summed E-state index contributed by atoms with van der Waals surface area (Å²) < 4.78 is 5.87. The summed E-state index contributed by atoms with van der Waals surface area (Å²) in [6.45, 7) is 4.76. The third-order valence-electron chi connectivity index (χ3n) is 5.16. The Hall–Kier alpha value is -1.81. The summed E-state index contributed by atoms with van der Waals surface area (Å²) in [5, 5.41) is 4.78. The summed E-state index contributed by atoms with van der Waals surface area (Å²) in [5.74, 6) is 2.18. The standard InChI is InChI=1S/C19H24N2O2/c1-13-12-21(19(22)14-6-7-14)9-8-17(13)20-11-16-10-15-4-2-3-5-18(15)23-16/h2-5,10,13-14,17,20H,6-9,11-12H2,1H3. The molecule has 4 rings (SSSR count). The molecule has 2 unspecified atom stereocenters. The summed E-state index contributed by atoms with van der Waals surface area (Å²) >= 11 is 0.